The molecule has 4 fully saturated rings. The smallest absolute Gasteiger partial charge is 0.305 e. The largest absolute Gasteiger partial charge is 0.469 e. The van der Waals surface area contributed by atoms with E-state index in [1.54, 1.807) is 0 Å². The lowest BCUT2D eigenvalue weighted by atomic mass is 9.41. The Morgan fingerprint density at radius 3 is 2.53 bits per heavy atom. The molecule has 0 aromatic heterocycles. The zero-order valence-electron chi connectivity index (χ0n) is 20.6. The van der Waals surface area contributed by atoms with Crippen LogP contribution in [0.25, 0.3) is 0 Å². The third kappa shape index (κ3) is 3.56. The average Bonchev–Trinajstić information content (AvgIpc) is 3.11. The molecule has 0 heterocycles. The van der Waals surface area contributed by atoms with Gasteiger partial charge in [-0.1, -0.05) is 27.7 Å². The molecule has 182 valence electrons. The van der Waals surface area contributed by atoms with Gasteiger partial charge in [-0.15, -0.1) is 0 Å². The number of carbonyl (C=O) groups is 2. The van der Waals surface area contributed by atoms with E-state index in [0.29, 0.717) is 42.8 Å². The van der Waals surface area contributed by atoms with E-state index in [9.17, 15) is 19.1 Å². The zero-order chi connectivity index (χ0) is 23.4. The molecule has 4 nitrogen and oxygen atoms in total. The third-order valence-electron chi connectivity index (χ3n) is 10.9. The number of aliphatic hydroxyl groups excluding tert-OH is 1. The highest BCUT2D eigenvalue weighted by Gasteiger charge is 2.66. The molecule has 0 amide bonds. The molecule has 1 unspecified atom stereocenters. The quantitative estimate of drug-likeness (QED) is 0.573. The van der Waals surface area contributed by atoms with Crippen LogP contribution in [-0.2, 0) is 14.3 Å². The van der Waals surface area contributed by atoms with Crippen molar-refractivity contribution in [3.8, 4) is 0 Å². The van der Waals surface area contributed by atoms with Gasteiger partial charge in [-0.05, 0) is 91.8 Å². The van der Waals surface area contributed by atoms with E-state index in [-0.39, 0.29) is 40.5 Å². The molecule has 4 saturated carbocycles. The van der Waals surface area contributed by atoms with Crippen LogP contribution in [0.5, 0.6) is 0 Å². The van der Waals surface area contributed by atoms with Crippen LogP contribution in [0.3, 0.4) is 0 Å². The van der Waals surface area contributed by atoms with Crippen molar-refractivity contribution in [3.05, 3.63) is 0 Å². The minimum Gasteiger partial charge on any atom is -0.469 e. The topological polar surface area (TPSA) is 63.6 Å². The molecule has 5 heteroatoms. The molecule has 4 rings (SSSR count). The van der Waals surface area contributed by atoms with Gasteiger partial charge in [0.1, 0.15) is 12.0 Å². The fraction of sp³-hybridized carbons (Fsp3) is 0.926. The highest BCUT2D eigenvalue weighted by atomic mass is 19.1. The number of halogens is 1. The molecule has 32 heavy (non-hydrogen) atoms. The summed E-state index contributed by atoms with van der Waals surface area (Å²) in [6.07, 6.45) is 5.04. The first-order valence-electron chi connectivity index (χ1n) is 13.0. The Labute approximate surface area is 193 Å². The van der Waals surface area contributed by atoms with Gasteiger partial charge in [-0.2, -0.15) is 0 Å². The monoisotopic (exact) mass is 450 g/mol. The van der Waals surface area contributed by atoms with Crippen molar-refractivity contribution in [1.82, 2.24) is 0 Å². The van der Waals surface area contributed by atoms with Crippen LogP contribution in [-0.4, -0.2) is 36.2 Å². The van der Waals surface area contributed by atoms with Gasteiger partial charge < -0.3 is 9.84 Å². The zero-order valence-corrected chi connectivity index (χ0v) is 20.6. The lowest BCUT2D eigenvalue weighted by Gasteiger charge is -2.62. The number of ketones is 1. The van der Waals surface area contributed by atoms with Crippen molar-refractivity contribution >= 4 is 11.8 Å². The number of alkyl halides is 1. The molecule has 4 aliphatic carbocycles. The fourth-order valence-corrected chi connectivity index (χ4v) is 9.27. The number of rotatable bonds is 5. The molecule has 0 aliphatic heterocycles. The van der Waals surface area contributed by atoms with Gasteiger partial charge in [0.25, 0.3) is 0 Å². The van der Waals surface area contributed by atoms with Gasteiger partial charge in [-0.25, -0.2) is 4.39 Å². The normalized spacial score (nSPS) is 49.0. The van der Waals surface area contributed by atoms with E-state index in [0.717, 1.165) is 38.5 Å². The number of esters is 1. The molecule has 4 aliphatic rings. The first-order valence-corrected chi connectivity index (χ1v) is 13.0. The average molecular weight is 451 g/mol. The molecule has 0 saturated heterocycles. The summed E-state index contributed by atoms with van der Waals surface area (Å²) >= 11 is 0. The van der Waals surface area contributed by atoms with E-state index < -0.39 is 12.3 Å². The van der Waals surface area contributed by atoms with Crippen molar-refractivity contribution in [2.75, 3.05) is 7.11 Å². The minimum absolute atomic E-state index is 0.0280. The van der Waals surface area contributed by atoms with Crippen molar-refractivity contribution in [2.45, 2.75) is 97.8 Å². The Kier molecular flexibility index (Phi) is 6.55. The van der Waals surface area contributed by atoms with Crippen molar-refractivity contribution in [1.29, 1.82) is 0 Å². The fourth-order valence-electron chi connectivity index (χ4n) is 9.27. The molecule has 0 spiro atoms. The SMILES string of the molecule is CC[C@H]1C(=O)[C@@H]2[C@H](CC[C@]3(C)[C@@H](C(C)CCC(=O)OC)CC[C@@H]23)[C@@]2(C)C[C@@H](F)[C@@H](O)C[C@@H]12. The number of aliphatic hydroxyl groups is 1. The summed E-state index contributed by atoms with van der Waals surface area (Å²) in [6.45, 7) is 8.98. The maximum atomic E-state index is 14.8. The van der Waals surface area contributed by atoms with Crippen molar-refractivity contribution in [2.24, 2.45) is 52.3 Å². The molecule has 0 radical (unpaired) electrons. The number of Topliss-reactive ketones (excluding diaryl/α,β-unsaturated/α-hetero) is 1. The predicted molar refractivity (Wildman–Crippen MR) is 121 cm³/mol. The standard InChI is InChI=1S/C27H43FO4/c1-6-16-20-13-22(29)21(28)14-27(20,4)19-11-12-26(3)17(15(2)7-10-23(30)32-5)8-9-18(26)24(19)25(16)31/h15-22,24,29H,6-14H2,1-5H3/t15?,16-,17-,18+,19+,20+,21-,22+,24+,26-,27-/m1/s1. The van der Waals surface area contributed by atoms with Gasteiger partial charge in [-0.3, -0.25) is 9.59 Å². The van der Waals surface area contributed by atoms with E-state index in [1.165, 1.54) is 7.11 Å². The summed E-state index contributed by atoms with van der Waals surface area (Å²) in [4.78, 5) is 25.7. The number of ether oxygens (including phenoxy) is 1. The van der Waals surface area contributed by atoms with Crippen LogP contribution in [0.15, 0.2) is 0 Å². The molecule has 11 atom stereocenters. The maximum absolute atomic E-state index is 14.8. The van der Waals surface area contributed by atoms with Gasteiger partial charge in [0.15, 0.2) is 0 Å². The Hall–Kier alpha value is -0.970. The van der Waals surface area contributed by atoms with Crippen LogP contribution in [0, 0.1) is 52.3 Å². The predicted octanol–water partition coefficient (Wildman–Crippen LogP) is 5.36. The summed E-state index contributed by atoms with van der Waals surface area (Å²) in [5.41, 5.74) is -0.0923. The Bertz CT molecular complexity index is 739. The highest BCUT2D eigenvalue weighted by molar-refractivity contribution is 5.86. The highest BCUT2D eigenvalue weighted by Crippen LogP contribution is 2.68. The van der Waals surface area contributed by atoms with Gasteiger partial charge >= 0.3 is 5.97 Å². The van der Waals surface area contributed by atoms with Crippen LogP contribution in [0.4, 0.5) is 4.39 Å². The second-order valence-electron chi connectivity index (χ2n) is 12.1. The third-order valence-corrected chi connectivity index (χ3v) is 10.9. The number of methoxy groups -OCH3 is 1. The first-order chi connectivity index (χ1) is 15.1. The van der Waals surface area contributed by atoms with Crippen LogP contribution in [0.1, 0.15) is 85.5 Å². The Morgan fingerprint density at radius 2 is 1.88 bits per heavy atom. The lowest BCUT2D eigenvalue weighted by molar-refractivity contribution is -0.180. The summed E-state index contributed by atoms with van der Waals surface area (Å²) in [5.74, 6) is 1.86. The lowest BCUT2D eigenvalue weighted by Crippen LogP contribution is -2.62. The molecular formula is C27H43FO4. The molecular weight excluding hydrogens is 407 g/mol. The first kappa shape index (κ1) is 24.2. The summed E-state index contributed by atoms with van der Waals surface area (Å²) in [7, 11) is 1.44. The van der Waals surface area contributed by atoms with Gasteiger partial charge in [0.05, 0.1) is 13.2 Å². The minimum atomic E-state index is -1.18. The maximum Gasteiger partial charge on any atom is 0.305 e. The second kappa shape index (κ2) is 8.67. The van der Waals surface area contributed by atoms with Crippen LogP contribution < -0.4 is 0 Å². The Morgan fingerprint density at radius 1 is 1.19 bits per heavy atom. The number of hydrogen-bond donors (Lipinski definition) is 1. The summed E-state index contributed by atoms with van der Waals surface area (Å²) in [5, 5.41) is 10.3. The number of fused-ring (bicyclic) bond motifs is 5. The Balaban J connectivity index is 1.61. The number of carbonyl (C=O) groups excluding carboxylic acids is 2. The molecule has 0 bridgehead atoms. The number of hydrogen-bond acceptors (Lipinski definition) is 4. The van der Waals surface area contributed by atoms with E-state index >= 15 is 0 Å². The van der Waals surface area contributed by atoms with E-state index in [4.69, 9.17) is 4.74 Å². The van der Waals surface area contributed by atoms with Gasteiger partial charge in [0.2, 0.25) is 0 Å². The molecule has 0 aromatic rings. The summed E-state index contributed by atoms with van der Waals surface area (Å²) < 4.78 is 19.6. The van der Waals surface area contributed by atoms with E-state index in [1.807, 2.05) is 0 Å². The van der Waals surface area contributed by atoms with Crippen molar-refractivity contribution < 1.29 is 23.8 Å². The van der Waals surface area contributed by atoms with Crippen molar-refractivity contribution in [3.63, 3.8) is 0 Å². The summed E-state index contributed by atoms with van der Waals surface area (Å²) in [6, 6.07) is 0. The van der Waals surface area contributed by atoms with Gasteiger partial charge in [0, 0.05) is 18.3 Å². The second-order valence-corrected chi connectivity index (χ2v) is 12.1. The van der Waals surface area contributed by atoms with Crippen LogP contribution >= 0.6 is 0 Å². The molecule has 1 N–H and O–H groups in total. The van der Waals surface area contributed by atoms with E-state index in [2.05, 4.69) is 27.7 Å². The molecule has 0 aromatic carbocycles. The van der Waals surface area contributed by atoms with Crippen LogP contribution in [0.2, 0.25) is 0 Å².